The van der Waals surface area contributed by atoms with Crippen LogP contribution in [0.5, 0.6) is 0 Å². The average Bonchev–Trinajstić information content (AvgIpc) is 3.35. The number of hydrogen-bond acceptors (Lipinski definition) is 4. The second-order valence-electron chi connectivity index (χ2n) is 9.87. The molecule has 0 aliphatic carbocycles. The van der Waals surface area contributed by atoms with Gasteiger partial charge in [-0.15, -0.1) is 0 Å². The molecule has 0 radical (unpaired) electrons. The molecule has 7 nitrogen and oxygen atoms in total. The number of halogens is 2. The fraction of sp³-hybridized carbons (Fsp3) is 0.0909. The summed E-state index contributed by atoms with van der Waals surface area (Å²) in [4.78, 5) is 31.5. The van der Waals surface area contributed by atoms with Gasteiger partial charge in [0.25, 0.3) is 11.8 Å². The van der Waals surface area contributed by atoms with Crippen LogP contribution in [0.2, 0.25) is 0 Å². The largest absolute Gasteiger partial charge is 0.341 e. The van der Waals surface area contributed by atoms with Gasteiger partial charge in [0.05, 0.1) is 12.3 Å². The van der Waals surface area contributed by atoms with Crippen molar-refractivity contribution < 1.29 is 14.0 Å². The Morgan fingerprint density at radius 3 is 2.38 bits per heavy atom. The zero-order valence-corrected chi connectivity index (χ0v) is 23.8. The van der Waals surface area contributed by atoms with Crippen molar-refractivity contribution in [2.45, 2.75) is 18.6 Å². The molecule has 0 fully saturated rings. The van der Waals surface area contributed by atoms with Gasteiger partial charge in [0.15, 0.2) is 0 Å². The van der Waals surface area contributed by atoms with Crippen molar-refractivity contribution in [3.63, 3.8) is 0 Å². The molecule has 0 spiro atoms. The second-order valence-corrected chi connectivity index (χ2v) is 10.8. The number of amides is 2. The number of carbonyl (C=O) groups excluding carboxylic acids is 2. The van der Waals surface area contributed by atoms with E-state index < -0.39 is 0 Å². The summed E-state index contributed by atoms with van der Waals surface area (Å²) in [5, 5.41) is 7.97. The molecule has 0 saturated heterocycles. The van der Waals surface area contributed by atoms with Gasteiger partial charge in [-0.25, -0.2) is 9.82 Å². The van der Waals surface area contributed by atoms with Gasteiger partial charge in [-0.2, -0.15) is 5.10 Å². The molecule has 1 aliphatic heterocycles. The Balaban J connectivity index is 1.35. The van der Waals surface area contributed by atoms with Gasteiger partial charge in [0.2, 0.25) is 0 Å². The van der Waals surface area contributed by atoms with E-state index in [9.17, 15) is 14.0 Å². The molecule has 9 heteroatoms. The monoisotopic (exact) mass is 621 g/mol. The van der Waals surface area contributed by atoms with Crippen molar-refractivity contribution >= 4 is 50.6 Å². The SMILES string of the molecule is O=C(Cn1cc(C2=N[C@@H](c3ccccc3)[C@H](c3ccccc3)NC2=O)c2cc(Br)ccc21)N/N=C/c1ccc(F)cc1. The Morgan fingerprint density at radius 1 is 0.976 bits per heavy atom. The number of rotatable bonds is 7. The summed E-state index contributed by atoms with van der Waals surface area (Å²) in [6.07, 6.45) is 3.23. The third-order valence-corrected chi connectivity index (χ3v) is 7.56. The Morgan fingerprint density at radius 2 is 1.67 bits per heavy atom. The highest BCUT2D eigenvalue weighted by molar-refractivity contribution is 9.10. The smallest absolute Gasteiger partial charge is 0.270 e. The number of aromatic nitrogens is 1. The summed E-state index contributed by atoms with van der Waals surface area (Å²) in [5.74, 6) is -0.996. The van der Waals surface area contributed by atoms with E-state index in [-0.39, 0.29) is 36.3 Å². The molecule has 0 unspecified atom stereocenters. The van der Waals surface area contributed by atoms with Crippen LogP contribution in [-0.2, 0) is 16.1 Å². The minimum atomic E-state index is -0.360. The van der Waals surface area contributed by atoms with Gasteiger partial charge in [0, 0.05) is 27.1 Å². The Kier molecular flexibility index (Phi) is 7.74. The van der Waals surface area contributed by atoms with Gasteiger partial charge < -0.3 is 9.88 Å². The fourth-order valence-electron chi connectivity index (χ4n) is 5.10. The van der Waals surface area contributed by atoms with Crippen LogP contribution in [0.25, 0.3) is 10.9 Å². The first-order valence-electron chi connectivity index (χ1n) is 13.3. The Hall–Kier alpha value is -4.89. The van der Waals surface area contributed by atoms with Crippen LogP contribution in [0, 0.1) is 5.82 Å². The van der Waals surface area contributed by atoms with Crippen molar-refractivity contribution in [3.8, 4) is 0 Å². The molecular formula is C33H25BrFN5O2. The number of aliphatic imine (C=N–C) groups is 1. The van der Waals surface area contributed by atoms with E-state index in [1.807, 2.05) is 78.9 Å². The first-order valence-corrected chi connectivity index (χ1v) is 14.1. The molecule has 0 saturated carbocycles. The first-order chi connectivity index (χ1) is 20.5. The molecule has 2 amide bonds. The number of nitrogens with one attached hydrogen (secondary N) is 2. The van der Waals surface area contributed by atoms with Gasteiger partial charge in [0.1, 0.15) is 24.1 Å². The molecule has 2 atom stereocenters. The van der Waals surface area contributed by atoms with Crippen molar-refractivity contribution in [2.24, 2.45) is 10.1 Å². The van der Waals surface area contributed by atoms with Gasteiger partial charge >= 0.3 is 0 Å². The molecule has 6 rings (SSSR count). The van der Waals surface area contributed by atoms with Crippen LogP contribution in [0.4, 0.5) is 4.39 Å². The van der Waals surface area contributed by atoms with Crippen LogP contribution >= 0.6 is 15.9 Å². The lowest BCUT2D eigenvalue weighted by molar-refractivity contribution is -0.121. The maximum Gasteiger partial charge on any atom is 0.270 e. The predicted molar refractivity (Wildman–Crippen MR) is 165 cm³/mol. The minimum absolute atomic E-state index is 0.0391. The molecular weight excluding hydrogens is 597 g/mol. The van der Waals surface area contributed by atoms with Crippen LogP contribution in [0.1, 0.15) is 34.3 Å². The van der Waals surface area contributed by atoms with Crippen molar-refractivity contribution in [3.05, 3.63) is 142 Å². The van der Waals surface area contributed by atoms with Gasteiger partial charge in [-0.1, -0.05) is 88.7 Å². The lowest BCUT2D eigenvalue weighted by atomic mass is 9.91. The maximum atomic E-state index is 13.6. The van der Waals surface area contributed by atoms with Gasteiger partial charge in [-0.05, 0) is 47.0 Å². The molecule has 1 aromatic heterocycles. The molecule has 0 bridgehead atoms. The molecule has 2 N–H and O–H groups in total. The highest BCUT2D eigenvalue weighted by Crippen LogP contribution is 2.37. The Bertz CT molecular complexity index is 1820. The zero-order valence-electron chi connectivity index (χ0n) is 22.2. The van der Waals surface area contributed by atoms with Crippen LogP contribution in [0.3, 0.4) is 0 Å². The van der Waals surface area contributed by atoms with E-state index in [0.717, 1.165) is 26.5 Å². The standard InChI is InChI=1S/C33H25BrFN5O2/c34-24-13-16-28-26(17-24)27(19-40(28)20-29(41)39-36-18-21-11-14-25(35)15-12-21)32-33(42)38-31(23-9-5-2-6-10-23)30(37-32)22-7-3-1-4-8-22/h1-19,30-31H,20H2,(H,38,42)(H,39,41)/b36-18+/t30-,31-/m0/s1. The fourth-order valence-corrected chi connectivity index (χ4v) is 5.46. The lowest BCUT2D eigenvalue weighted by Gasteiger charge is -2.31. The van der Waals surface area contributed by atoms with E-state index in [2.05, 4.69) is 31.8 Å². The van der Waals surface area contributed by atoms with Crippen LogP contribution in [0.15, 0.2) is 124 Å². The third kappa shape index (κ3) is 5.77. The van der Waals surface area contributed by atoms with E-state index in [4.69, 9.17) is 4.99 Å². The summed E-state index contributed by atoms with van der Waals surface area (Å²) >= 11 is 3.54. The summed E-state index contributed by atoms with van der Waals surface area (Å²) < 4.78 is 15.8. The van der Waals surface area contributed by atoms with E-state index in [1.165, 1.54) is 18.3 Å². The highest BCUT2D eigenvalue weighted by Gasteiger charge is 2.34. The second kappa shape index (κ2) is 11.9. The summed E-state index contributed by atoms with van der Waals surface area (Å²) in [6, 6.07) is 30.5. The minimum Gasteiger partial charge on any atom is -0.341 e. The summed E-state index contributed by atoms with van der Waals surface area (Å²) in [5.41, 5.74) is 6.80. The number of hydrogen-bond donors (Lipinski definition) is 2. The topological polar surface area (TPSA) is 87.8 Å². The van der Waals surface area contributed by atoms with E-state index in [1.54, 1.807) is 22.9 Å². The van der Waals surface area contributed by atoms with Crippen LogP contribution < -0.4 is 10.7 Å². The van der Waals surface area contributed by atoms with E-state index >= 15 is 0 Å². The predicted octanol–water partition coefficient (Wildman–Crippen LogP) is 6.09. The normalized spacial score (nSPS) is 16.8. The Labute approximate surface area is 249 Å². The number of benzene rings is 4. The van der Waals surface area contributed by atoms with Gasteiger partial charge in [-0.3, -0.25) is 14.6 Å². The molecule has 5 aromatic rings. The number of nitrogens with zero attached hydrogens (tertiary/aromatic N) is 3. The molecule has 42 heavy (non-hydrogen) atoms. The first kappa shape index (κ1) is 27.3. The zero-order chi connectivity index (χ0) is 29.1. The highest BCUT2D eigenvalue weighted by atomic mass is 79.9. The van der Waals surface area contributed by atoms with Crippen LogP contribution in [-0.4, -0.2) is 28.3 Å². The third-order valence-electron chi connectivity index (χ3n) is 7.07. The van der Waals surface area contributed by atoms with Crippen molar-refractivity contribution in [1.82, 2.24) is 15.3 Å². The molecule has 1 aliphatic rings. The number of hydrazone groups is 1. The molecule has 208 valence electrons. The summed E-state index contributed by atoms with van der Waals surface area (Å²) in [6.45, 7) is -0.0391. The number of fused-ring (bicyclic) bond motifs is 1. The molecule has 4 aromatic carbocycles. The van der Waals surface area contributed by atoms with Crippen molar-refractivity contribution in [2.75, 3.05) is 0 Å². The maximum absolute atomic E-state index is 13.6. The van der Waals surface area contributed by atoms with E-state index in [0.29, 0.717) is 16.8 Å². The number of carbonyl (C=O) groups is 2. The quantitative estimate of drug-likeness (QED) is 0.170. The lowest BCUT2D eigenvalue weighted by Crippen LogP contribution is -2.42. The average molecular weight is 622 g/mol. The summed E-state index contributed by atoms with van der Waals surface area (Å²) in [7, 11) is 0. The van der Waals surface area contributed by atoms with Crippen molar-refractivity contribution in [1.29, 1.82) is 0 Å². The molecule has 2 heterocycles.